The van der Waals surface area contributed by atoms with E-state index in [0.29, 0.717) is 30.8 Å². The molecule has 184 valence electrons. The average molecular weight is 474 g/mol. The van der Waals surface area contributed by atoms with E-state index in [-0.39, 0.29) is 30.0 Å². The summed E-state index contributed by atoms with van der Waals surface area (Å²) < 4.78 is 40.1. The third kappa shape index (κ3) is 4.11. The van der Waals surface area contributed by atoms with Gasteiger partial charge in [-0.25, -0.2) is 0 Å². The topological polar surface area (TPSA) is 46.2 Å². The van der Waals surface area contributed by atoms with Crippen molar-refractivity contribution in [3.8, 4) is 0 Å². The molecule has 0 amide bonds. The minimum absolute atomic E-state index is 0.127. The van der Waals surface area contributed by atoms with Gasteiger partial charge in [-0.05, 0) is 68.3 Å². The number of carbonyl (C=O) groups excluding carboxylic acids is 2. The molecule has 0 aromatic heterocycles. The summed E-state index contributed by atoms with van der Waals surface area (Å²) in [7, 11) is 0. The number of rotatable bonds is 5. The smallest absolute Gasteiger partial charge is 0.362 e. The Hall–Kier alpha value is -2.11. The molecule has 6 heteroatoms. The molecule has 2 unspecified atom stereocenters. The zero-order valence-corrected chi connectivity index (χ0v) is 19.8. The summed E-state index contributed by atoms with van der Waals surface area (Å²) in [6.07, 6.45) is 10.2. The largest absolute Gasteiger partial charge is 0.412 e. The van der Waals surface area contributed by atoms with Crippen molar-refractivity contribution in [2.45, 2.75) is 83.7 Å². The molecule has 4 aliphatic carbocycles. The number of alkyl halides is 3. The molecule has 0 radical (unpaired) electrons. The van der Waals surface area contributed by atoms with Gasteiger partial charge in [0.05, 0.1) is 0 Å². The number of dihydropyridines is 1. The van der Waals surface area contributed by atoms with Gasteiger partial charge in [0.1, 0.15) is 6.29 Å². The van der Waals surface area contributed by atoms with Crippen molar-refractivity contribution >= 4 is 12.1 Å². The summed E-state index contributed by atoms with van der Waals surface area (Å²) in [6.45, 7) is 2.15. The highest BCUT2D eigenvalue weighted by Gasteiger charge is 2.54. The molecule has 0 bridgehead atoms. The summed E-state index contributed by atoms with van der Waals surface area (Å²) in [6, 6.07) is 0. The summed E-state index contributed by atoms with van der Waals surface area (Å²) in [5.74, 6) is 1.22. The van der Waals surface area contributed by atoms with Gasteiger partial charge in [0.25, 0.3) is 0 Å². The van der Waals surface area contributed by atoms with Crippen molar-refractivity contribution in [2.75, 3.05) is 0 Å². The molecule has 1 aliphatic heterocycles. The number of hydrogen-bond donors (Lipinski definition) is 1. The van der Waals surface area contributed by atoms with E-state index in [1.165, 1.54) is 37.5 Å². The quantitative estimate of drug-likeness (QED) is 0.451. The maximum atomic E-state index is 13.4. The van der Waals surface area contributed by atoms with Crippen LogP contribution in [0.1, 0.15) is 77.6 Å². The van der Waals surface area contributed by atoms with Crippen molar-refractivity contribution in [1.29, 1.82) is 0 Å². The van der Waals surface area contributed by atoms with Gasteiger partial charge in [-0.15, -0.1) is 0 Å². The molecule has 5 rings (SSSR count). The van der Waals surface area contributed by atoms with E-state index in [9.17, 15) is 22.8 Å². The molecule has 1 heterocycles. The summed E-state index contributed by atoms with van der Waals surface area (Å²) >= 11 is 0. The highest BCUT2D eigenvalue weighted by atomic mass is 19.4. The fourth-order valence-electron chi connectivity index (χ4n) is 7.28. The van der Waals surface area contributed by atoms with Crippen LogP contribution in [0.2, 0.25) is 0 Å². The van der Waals surface area contributed by atoms with E-state index in [4.69, 9.17) is 0 Å². The molecule has 2 saturated carbocycles. The van der Waals surface area contributed by atoms with Gasteiger partial charge in [-0.1, -0.05) is 44.4 Å². The fourth-order valence-corrected chi connectivity index (χ4v) is 7.28. The van der Waals surface area contributed by atoms with E-state index in [1.54, 1.807) is 0 Å². The van der Waals surface area contributed by atoms with Gasteiger partial charge in [0.15, 0.2) is 5.78 Å². The van der Waals surface area contributed by atoms with Gasteiger partial charge in [-0.3, -0.25) is 9.59 Å². The number of aldehydes is 1. The lowest BCUT2D eigenvalue weighted by atomic mass is 9.51. The predicted octanol–water partition coefficient (Wildman–Crippen LogP) is 6.73. The molecule has 0 aromatic carbocycles. The number of halogens is 3. The van der Waals surface area contributed by atoms with Crippen LogP contribution < -0.4 is 5.32 Å². The van der Waals surface area contributed by atoms with Crippen LogP contribution in [0.4, 0.5) is 13.2 Å². The molecule has 3 nitrogen and oxygen atoms in total. The first-order valence-electron chi connectivity index (χ1n) is 12.9. The summed E-state index contributed by atoms with van der Waals surface area (Å²) in [5, 5.41) is 3.66. The van der Waals surface area contributed by atoms with Gasteiger partial charge in [0.2, 0.25) is 0 Å². The Morgan fingerprint density at radius 2 is 1.85 bits per heavy atom. The normalized spacial score (nSPS) is 34.2. The van der Waals surface area contributed by atoms with Crippen molar-refractivity contribution in [1.82, 2.24) is 5.32 Å². The first-order chi connectivity index (χ1) is 16.2. The molecule has 34 heavy (non-hydrogen) atoms. The number of nitrogens with one attached hydrogen (secondary N) is 1. The monoisotopic (exact) mass is 473 g/mol. The Morgan fingerprint density at radius 3 is 2.50 bits per heavy atom. The molecule has 1 spiro atoms. The van der Waals surface area contributed by atoms with Crippen LogP contribution in [0.15, 0.2) is 46.3 Å². The van der Waals surface area contributed by atoms with Crippen molar-refractivity contribution < 1.29 is 22.8 Å². The molecular formula is C28H34F3NO2. The number of Topliss-reactive ketones (excluding diaryl/α,β-unsaturated/α-hetero) is 1. The number of hydrogen-bond acceptors (Lipinski definition) is 3. The lowest BCUT2D eigenvalue weighted by molar-refractivity contribution is -0.120. The molecule has 0 saturated heterocycles. The first kappa shape index (κ1) is 23.6. The number of ketones is 1. The highest BCUT2D eigenvalue weighted by Crippen LogP contribution is 2.60. The van der Waals surface area contributed by atoms with Crippen molar-refractivity contribution in [3.63, 3.8) is 0 Å². The van der Waals surface area contributed by atoms with Gasteiger partial charge in [0, 0.05) is 40.3 Å². The van der Waals surface area contributed by atoms with Gasteiger partial charge < -0.3 is 5.32 Å². The van der Waals surface area contributed by atoms with E-state index in [0.717, 1.165) is 42.9 Å². The van der Waals surface area contributed by atoms with E-state index in [2.05, 4.69) is 18.3 Å². The predicted molar refractivity (Wildman–Crippen MR) is 124 cm³/mol. The van der Waals surface area contributed by atoms with Crippen LogP contribution in [-0.4, -0.2) is 18.2 Å². The molecule has 2 fully saturated rings. The highest BCUT2D eigenvalue weighted by molar-refractivity contribution is 5.98. The van der Waals surface area contributed by atoms with Crippen LogP contribution >= 0.6 is 0 Å². The Bertz CT molecular complexity index is 988. The third-order valence-electron chi connectivity index (χ3n) is 9.05. The molecule has 5 aliphatic rings. The summed E-state index contributed by atoms with van der Waals surface area (Å²) in [5.41, 5.74) is 2.50. The second kappa shape index (κ2) is 8.83. The Morgan fingerprint density at radius 1 is 1.12 bits per heavy atom. The van der Waals surface area contributed by atoms with Crippen LogP contribution in [0, 0.1) is 29.1 Å². The van der Waals surface area contributed by atoms with Crippen LogP contribution in [0.25, 0.3) is 0 Å². The first-order valence-corrected chi connectivity index (χ1v) is 12.9. The second-order valence-electron chi connectivity index (χ2n) is 11.2. The maximum Gasteiger partial charge on any atom is 0.412 e. The van der Waals surface area contributed by atoms with Crippen LogP contribution in [0.5, 0.6) is 0 Å². The van der Waals surface area contributed by atoms with E-state index in [1.807, 2.05) is 0 Å². The lowest BCUT2D eigenvalue weighted by Gasteiger charge is -2.53. The van der Waals surface area contributed by atoms with Crippen molar-refractivity contribution in [3.05, 3.63) is 46.3 Å². The van der Waals surface area contributed by atoms with Crippen LogP contribution in [-0.2, 0) is 9.59 Å². The number of allylic oxidation sites excluding steroid dienone is 8. The van der Waals surface area contributed by atoms with E-state index < -0.39 is 17.2 Å². The Balaban J connectivity index is 1.32. The van der Waals surface area contributed by atoms with Gasteiger partial charge >= 0.3 is 6.18 Å². The van der Waals surface area contributed by atoms with Gasteiger partial charge in [-0.2, -0.15) is 13.2 Å². The molecule has 0 aromatic rings. The Kier molecular flexibility index (Phi) is 6.14. The second-order valence-corrected chi connectivity index (χ2v) is 11.2. The maximum absolute atomic E-state index is 13.4. The Labute approximate surface area is 199 Å². The van der Waals surface area contributed by atoms with Crippen LogP contribution in [0.3, 0.4) is 0 Å². The standard InChI is InChI=1S/C28H34F3NO2/c1-2-5-18-10-23(17-6-3-4-7-17)32-24-11-19(12-25(34)26(18)24)20-13-27(14-20)15-21(28(29,30)31)8-9-22(27)16-33/h8-10,16-20,32H,2-7,11-15H2,1H3. The minimum atomic E-state index is -4.37. The lowest BCUT2D eigenvalue weighted by Crippen LogP contribution is -2.47. The molecule has 2 atom stereocenters. The third-order valence-corrected chi connectivity index (χ3v) is 9.05. The van der Waals surface area contributed by atoms with Crippen molar-refractivity contribution in [2.24, 2.45) is 29.1 Å². The minimum Gasteiger partial charge on any atom is -0.362 e. The van der Waals surface area contributed by atoms with E-state index >= 15 is 0 Å². The molecule has 1 N–H and O–H groups in total. The average Bonchev–Trinajstić information content (AvgIpc) is 3.31. The number of carbonyl (C=O) groups is 2. The summed E-state index contributed by atoms with van der Waals surface area (Å²) in [4.78, 5) is 25.0. The zero-order chi connectivity index (χ0) is 24.1. The SMILES string of the molecule is CCCC1C=C(C2CCCC2)NC2=C1C(=O)CC(C1CC3(CC(C(F)(F)F)=CC=C3C=O)C1)C2. The fraction of sp³-hybridized carbons (Fsp3) is 0.643. The molecular weight excluding hydrogens is 439 g/mol. The zero-order valence-electron chi connectivity index (χ0n) is 19.8.